The van der Waals surface area contributed by atoms with Crippen LogP contribution in [0.2, 0.25) is 0 Å². The summed E-state index contributed by atoms with van der Waals surface area (Å²) in [4.78, 5) is 14.4. The van der Waals surface area contributed by atoms with Gasteiger partial charge >= 0.3 is 0 Å². The van der Waals surface area contributed by atoms with Crippen LogP contribution in [0.4, 0.5) is 5.69 Å². The summed E-state index contributed by atoms with van der Waals surface area (Å²) in [5.74, 6) is 0.822. The zero-order valence-electron chi connectivity index (χ0n) is 14.0. The van der Waals surface area contributed by atoms with E-state index in [2.05, 4.69) is 10.2 Å². The van der Waals surface area contributed by atoms with Crippen LogP contribution in [0.15, 0.2) is 24.3 Å². The first kappa shape index (κ1) is 16.8. The Balaban J connectivity index is 1.85. The van der Waals surface area contributed by atoms with Crippen molar-refractivity contribution in [3.8, 4) is 5.75 Å². The van der Waals surface area contributed by atoms with Crippen molar-refractivity contribution in [2.75, 3.05) is 18.9 Å². The second kappa shape index (κ2) is 8.18. The van der Waals surface area contributed by atoms with Gasteiger partial charge < -0.3 is 10.1 Å². The van der Waals surface area contributed by atoms with Gasteiger partial charge in [-0.2, -0.15) is 0 Å². The molecule has 0 aromatic heterocycles. The van der Waals surface area contributed by atoms with Crippen LogP contribution < -0.4 is 10.1 Å². The van der Waals surface area contributed by atoms with E-state index in [-0.39, 0.29) is 12.0 Å². The maximum Gasteiger partial charge on any atom is 0.238 e. The van der Waals surface area contributed by atoms with Crippen LogP contribution in [-0.2, 0) is 4.79 Å². The quantitative estimate of drug-likeness (QED) is 0.871. The highest BCUT2D eigenvalue weighted by atomic mass is 16.5. The second-order valence-corrected chi connectivity index (χ2v) is 6.45. The van der Waals surface area contributed by atoms with Crippen LogP contribution in [-0.4, -0.2) is 36.5 Å². The maximum absolute atomic E-state index is 12.2. The smallest absolute Gasteiger partial charge is 0.238 e. The number of nitrogens with zero attached hydrogens (tertiary/aromatic N) is 1. The van der Waals surface area contributed by atoms with Gasteiger partial charge in [0, 0.05) is 17.8 Å². The zero-order chi connectivity index (χ0) is 15.9. The van der Waals surface area contributed by atoms with E-state index in [9.17, 15) is 4.79 Å². The minimum atomic E-state index is 0.0368. The topological polar surface area (TPSA) is 41.6 Å². The highest BCUT2D eigenvalue weighted by Gasteiger charge is 2.19. The van der Waals surface area contributed by atoms with Crippen molar-refractivity contribution in [1.29, 1.82) is 0 Å². The molecule has 1 aliphatic rings. The molecule has 1 aromatic carbocycles. The van der Waals surface area contributed by atoms with Crippen molar-refractivity contribution in [2.24, 2.45) is 0 Å². The molecule has 1 aromatic rings. The fourth-order valence-corrected chi connectivity index (χ4v) is 3.00. The average molecular weight is 304 g/mol. The second-order valence-electron chi connectivity index (χ2n) is 6.45. The summed E-state index contributed by atoms with van der Waals surface area (Å²) in [6.45, 7) is 4.43. The Hall–Kier alpha value is -1.55. The lowest BCUT2D eigenvalue weighted by molar-refractivity contribution is -0.117. The average Bonchev–Trinajstić information content (AvgIpc) is 2.47. The van der Waals surface area contributed by atoms with Gasteiger partial charge in [-0.25, -0.2) is 0 Å². The number of amides is 1. The molecule has 1 amide bonds. The molecule has 4 heteroatoms. The number of carbonyl (C=O) groups is 1. The van der Waals surface area contributed by atoms with Crippen LogP contribution >= 0.6 is 0 Å². The highest BCUT2D eigenvalue weighted by molar-refractivity contribution is 5.92. The summed E-state index contributed by atoms with van der Waals surface area (Å²) in [6.07, 6.45) is 6.45. The Morgan fingerprint density at radius 2 is 2.05 bits per heavy atom. The van der Waals surface area contributed by atoms with E-state index >= 15 is 0 Å². The molecular formula is C18H28N2O2. The first-order valence-electron chi connectivity index (χ1n) is 8.31. The summed E-state index contributed by atoms with van der Waals surface area (Å²) in [5.41, 5.74) is 0.792. The lowest BCUT2D eigenvalue weighted by atomic mass is 9.94. The maximum atomic E-state index is 12.2. The molecule has 0 aliphatic heterocycles. The monoisotopic (exact) mass is 304 g/mol. The normalized spacial score (nSPS) is 16.0. The standard InChI is InChI=1S/C18H28N2O2/c1-14(2)22-17-11-7-8-15(12-17)19-18(21)13-20(3)16-9-5-4-6-10-16/h7-8,11-12,14,16H,4-6,9-10,13H2,1-3H3,(H,19,21). The molecule has 1 saturated carbocycles. The lowest BCUT2D eigenvalue weighted by Gasteiger charge is -2.30. The van der Waals surface area contributed by atoms with E-state index in [0.717, 1.165) is 11.4 Å². The number of hydrogen-bond donors (Lipinski definition) is 1. The number of nitrogens with one attached hydrogen (secondary N) is 1. The number of rotatable bonds is 6. The Bertz CT molecular complexity index is 482. The van der Waals surface area contributed by atoms with Crippen molar-refractivity contribution in [2.45, 2.75) is 58.1 Å². The Labute approximate surface area is 133 Å². The lowest BCUT2D eigenvalue weighted by Crippen LogP contribution is -2.39. The molecule has 4 nitrogen and oxygen atoms in total. The minimum absolute atomic E-state index is 0.0368. The van der Waals surface area contributed by atoms with Gasteiger partial charge in [0.2, 0.25) is 5.91 Å². The number of anilines is 1. The molecule has 122 valence electrons. The van der Waals surface area contributed by atoms with Crippen LogP contribution in [0, 0.1) is 0 Å². The molecule has 0 atom stereocenters. The van der Waals surface area contributed by atoms with Gasteiger partial charge in [-0.3, -0.25) is 9.69 Å². The van der Waals surface area contributed by atoms with Gasteiger partial charge in [0.1, 0.15) is 5.75 Å². The molecule has 0 spiro atoms. The Kier molecular flexibility index (Phi) is 6.25. The summed E-state index contributed by atoms with van der Waals surface area (Å²) >= 11 is 0. The van der Waals surface area contributed by atoms with E-state index in [1.807, 2.05) is 45.2 Å². The van der Waals surface area contributed by atoms with Crippen LogP contribution in [0.1, 0.15) is 46.0 Å². The van der Waals surface area contributed by atoms with E-state index in [4.69, 9.17) is 4.74 Å². The third-order valence-electron chi connectivity index (χ3n) is 4.08. The molecular weight excluding hydrogens is 276 g/mol. The minimum Gasteiger partial charge on any atom is -0.491 e. The van der Waals surface area contributed by atoms with Gasteiger partial charge in [0.15, 0.2) is 0 Å². The molecule has 1 N–H and O–H groups in total. The van der Waals surface area contributed by atoms with Gasteiger partial charge in [-0.15, -0.1) is 0 Å². The van der Waals surface area contributed by atoms with Crippen molar-refractivity contribution in [3.63, 3.8) is 0 Å². The van der Waals surface area contributed by atoms with E-state index in [1.54, 1.807) is 0 Å². The molecule has 0 saturated heterocycles. The van der Waals surface area contributed by atoms with Gasteiger partial charge in [-0.05, 0) is 45.9 Å². The molecule has 0 heterocycles. The van der Waals surface area contributed by atoms with Gasteiger partial charge in [0.25, 0.3) is 0 Å². The fourth-order valence-electron chi connectivity index (χ4n) is 3.00. The molecule has 0 bridgehead atoms. The fraction of sp³-hybridized carbons (Fsp3) is 0.611. The highest BCUT2D eigenvalue weighted by Crippen LogP contribution is 2.22. The van der Waals surface area contributed by atoms with Gasteiger partial charge in [0.05, 0.1) is 12.6 Å². The number of likely N-dealkylation sites (N-methyl/N-ethyl adjacent to an activating group) is 1. The Morgan fingerprint density at radius 3 is 2.73 bits per heavy atom. The molecule has 0 unspecified atom stereocenters. The predicted molar refractivity (Wildman–Crippen MR) is 90.3 cm³/mol. The van der Waals surface area contributed by atoms with E-state index in [0.29, 0.717) is 12.6 Å². The van der Waals surface area contributed by atoms with Crippen LogP contribution in [0.25, 0.3) is 0 Å². The van der Waals surface area contributed by atoms with E-state index in [1.165, 1.54) is 32.1 Å². The first-order chi connectivity index (χ1) is 10.5. The first-order valence-corrected chi connectivity index (χ1v) is 8.31. The van der Waals surface area contributed by atoms with Crippen LogP contribution in [0.5, 0.6) is 5.75 Å². The number of hydrogen-bond acceptors (Lipinski definition) is 3. The third kappa shape index (κ3) is 5.34. The predicted octanol–water partition coefficient (Wildman–Crippen LogP) is 3.68. The van der Waals surface area contributed by atoms with Crippen molar-refractivity contribution >= 4 is 11.6 Å². The largest absolute Gasteiger partial charge is 0.491 e. The van der Waals surface area contributed by atoms with Crippen LogP contribution in [0.3, 0.4) is 0 Å². The molecule has 1 aliphatic carbocycles. The van der Waals surface area contributed by atoms with Crippen molar-refractivity contribution < 1.29 is 9.53 Å². The summed E-state index contributed by atoms with van der Waals surface area (Å²) < 4.78 is 5.65. The van der Waals surface area contributed by atoms with Crippen molar-refractivity contribution in [1.82, 2.24) is 4.90 Å². The summed E-state index contributed by atoms with van der Waals surface area (Å²) in [6, 6.07) is 8.13. The van der Waals surface area contributed by atoms with E-state index < -0.39 is 0 Å². The SMILES string of the molecule is CC(C)Oc1cccc(NC(=O)CN(C)C2CCCCC2)c1. The third-order valence-corrected chi connectivity index (χ3v) is 4.08. The summed E-state index contributed by atoms with van der Waals surface area (Å²) in [7, 11) is 2.05. The number of benzene rings is 1. The molecule has 22 heavy (non-hydrogen) atoms. The van der Waals surface area contributed by atoms with Gasteiger partial charge in [-0.1, -0.05) is 25.3 Å². The molecule has 1 fully saturated rings. The van der Waals surface area contributed by atoms with Crippen molar-refractivity contribution in [3.05, 3.63) is 24.3 Å². The number of carbonyl (C=O) groups excluding carboxylic acids is 1. The number of ether oxygens (including phenoxy) is 1. The molecule has 0 radical (unpaired) electrons. The summed E-state index contributed by atoms with van der Waals surface area (Å²) in [5, 5.41) is 2.96. The zero-order valence-corrected chi connectivity index (χ0v) is 14.0. The molecule has 2 rings (SSSR count). The Morgan fingerprint density at radius 1 is 1.32 bits per heavy atom.